The Balaban J connectivity index is 2.33. The highest BCUT2D eigenvalue weighted by molar-refractivity contribution is 5.36. The summed E-state index contributed by atoms with van der Waals surface area (Å²) in [5.41, 5.74) is 3.56. The lowest BCUT2D eigenvalue weighted by Crippen LogP contribution is -2.20. The first kappa shape index (κ1) is 12.7. The van der Waals surface area contributed by atoms with E-state index >= 15 is 0 Å². The average molecular weight is 230 g/mol. The first-order valence-corrected chi connectivity index (χ1v) is 7.24. The van der Waals surface area contributed by atoms with Gasteiger partial charge in [0.05, 0.1) is 0 Å². The molecule has 0 aliphatic heterocycles. The Morgan fingerprint density at radius 3 is 2.35 bits per heavy atom. The third kappa shape index (κ3) is 2.73. The molecular formula is C17H26. The highest BCUT2D eigenvalue weighted by Crippen LogP contribution is 2.39. The molecule has 0 spiro atoms. The van der Waals surface area contributed by atoms with Crippen LogP contribution >= 0.6 is 0 Å². The first-order valence-electron chi connectivity index (χ1n) is 7.24. The molecule has 2 rings (SSSR count). The molecule has 0 saturated heterocycles. The van der Waals surface area contributed by atoms with Crippen LogP contribution in [0, 0.1) is 0 Å². The maximum Gasteiger partial charge on any atom is -0.0103 e. The summed E-state index contributed by atoms with van der Waals surface area (Å²) in [5, 5.41) is 0. The molecule has 1 aromatic carbocycles. The summed E-state index contributed by atoms with van der Waals surface area (Å²) in [6, 6.07) is 9.16. The van der Waals surface area contributed by atoms with Crippen molar-refractivity contribution in [3.05, 3.63) is 35.4 Å². The molecule has 0 atom stereocenters. The fraction of sp³-hybridized carbons (Fsp3) is 0.647. The minimum Gasteiger partial charge on any atom is -0.0646 e. The Morgan fingerprint density at radius 2 is 1.71 bits per heavy atom. The number of benzene rings is 1. The minimum absolute atomic E-state index is 0.327. The van der Waals surface area contributed by atoms with Crippen molar-refractivity contribution in [2.75, 3.05) is 0 Å². The molecule has 0 unspecified atom stereocenters. The molecule has 0 nitrogen and oxygen atoms in total. The summed E-state index contributed by atoms with van der Waals surface area (Å²) in [6.45, 7) is 7.07. The van der Waals surface area contributed by atoms with Crippen molar-refractivity contribution in [3.8, 4) is 0 Å². The van der Waals surface area contributed by atoms with Crippen LogP contribution in [0.3, 0.4) is 0 Å². The van der Waals surface area contributed by atoms with Gasteiger partial charge in [0.15, 0.2) is 0 Å². The van der Waals surface area contributed by atoms with Crippen LogP contribution in [0.5, 0.6) is 0 Å². The van der Waals surface area contributed by atoms with Gasteiger partial charge in [-0.25, -0.2) is 0 Å². The van der Waals surface area contributed by atoms with Crippen LogP contribution in [0.4, 0.5) is 0 Å². The van der Waals surface area contributed by atoms with Crippen molar-refractivity contribution in [2.24, 2.45) is 0 Å². The van der Waals surface area contributed by atoms with Gasteiger partial charge in [0.25, 0.3) is 0 Å². The molecule has 0 amide bonds. The summed E-state index contributed by atoms with van der Waals surface area (Å²) in [4.78, 5) is 0. The summed E-state index contributed by atoms with van der Waals surface area (Å²) in [5.74, 6) is 0.825. The first-order chi connectivity index (χ1) is 8.15. The Hall–Kier alpha value is -0.780. The monoisotopic (exact) mass is 230 g/mol. The van der Waals surface area contributed by atoms with Gasteiger partial charge in [0.2, 0.25) is 0 Å². The molecule has 0 aromatic heterocycles. The Morgan fingerprint density at radius 1 is 1.06 bits per heavy atom. The van der Waals surface area contributed by atoms with E-state index in [1.807, 2.05) is 0 Å². The molecule has 17 heavy (non-hydrogen) atoms. The van der Waals surface area contributed by atoms with E-state index in [0.717, 1.165) is 5.92 Å². The number of rotatable bonds is 3. The third-order valence-corrected chi connectivity index (χ3v) is 4.62. The average Bonchev–Trinajstić information content (AvgIpc) is 2.40. The van der Waals surface area contributed by atoms with Gasteiger partial charge in [-0.05, 0) is 41.7 Å². The van der Waals surface area contributed by atoms with Crippen molar-refractivity contribution >= 4 is 0 Å². The van der Waals surface area contributed by atoms with Crippen LogP contribution in [-0.4, -0.2) is 0 Å². The number of hydrogen-bond acceptors (Lipinski definition) is 0. The highest BCUT2D eigenvalue weighted by Gasteiger charge is 2.25. The topological polar surface area (TPSA) is 0 Å². The van der Waals surface area contributed by atoms with Crippen molar-refractivity contribution in [3.63, 3.8) is 0 Å². The molecule has 1 aliphatic carbocycles. The van der Waals surface area contributed by atoms with Crippen LogP contribution in [0.15, 0.2) is 24.3 Å². The lowest BCUT2D eigenvalue weighted by molar-refractivity contribution is 0.428. The van der Waals surface area contributed by atoms with Crippen LogP contribution in [0.2, 0.25) is 0 Å². The van der Waals surface area contributed by atoms with Crippen molar-refractivity contribution < 1.29 is 0 Å². The zero-order chi connectivity index (χ0) is 12.3. The molecule has 0 bridgehead atoms. The van der Waals surface area contributed by atoms with Crippen molar-refractivity contribution in [1.29, 1.82) is 0 Å². The minimum atomic E-state index is 0.327. The van der Waals surface area contributed by atoms with Gasteiger partial charge in [-0.15, -0.1) is 0 Å². The van der Waals surface area contributed by atoms with Crippen molar-refractivity contribution in [1.82, 2.24) is 0 Å². The molecule has 0 radical (unpaired) electrons. The molecule has 0 N–H and O–H groups in total. The van der Waals surface area contributed by atoms with E-state index in [-0.39, 0.29) is 0 Å². The van der Waals surface area contributed by atoms with Crippen LogP contribution in [0.1, 0.15) is 76.3 Å². The standard InChI is InChI=1S/C17H26/c1-4-17(2,3)16-13-9-8-12-15(16)14-10-6-5-7-11-14/h8-9,12-14H,4-7,10-11H2,1-3H3. The van der Waals surface area contributed by atoms with Gasteiger partial charge >= 0.3 is 0 Å². The number of hydrogen-bond donors (Lipinski definition) is 0. The van der Waals surface area contributed by atoms with Gasteiger partial charge < -0.3 is 0 Å². The second-order valence-corrected chi connectivity index (χ2v) is 6.16. The smallest absolute Gasteiger partial charge is 0.0103 e. The van der Waals surface area contributed by atoms with E-state index in [4.69, 9.17) is 0 Å². The van der Waals surface area contributed by atoms with Gasteiger partial charge in [-0.3, -0.25) is 0 Å². The fourth-order valence-electron chi connectivity index (χ4n) is 3.07. The fourth-order valence-corrected chi connectivity index (χ4v) is 3.07. The Bertz CT molecular complexity index is 356. The second kappa shape index (κ2) is 5.25. The predicted octanol–water partition coefficient (Wildman–Crippen LogP) is 5.42. The molecule has 1 saturated carbocycles. The van der Waals surface area contributed by atoms with Crippen molar-refractivity contribution in [2.45, 2.75) is 70.6 Å². The van der Waals surface area contributed by atoms with Gasteiger partial charge in [-0.2, -0.15) is 0 Å². The van der Waals surface area contributed by atoms with Crippen LogP contribution in [0.25, 0.3) is 0 Å². The van der Waals surface area contributed by atoms with E-state index < -0.39 is 0 Å². The molecular weight excluding hydrogens is 204 g/mol. The van der Waals surface area contributed by atoms with E-state index in [9.17, 15) is 0 Å². The maximum absolute atomic E-state index is 2.38. The SMILES string of the molecule is CCC(C)(C)c1ccccc1C1CCCCC1. The van der Waals surface area contributed by atoms with Crippen LogP contribution < -0.4 is 0 Å². The molecule has 1 aromatic rings. The Labute approximate surface area is 106 Å². The van der Waals surface area contributed by atoms with Crippen LogP contribution in [-0.2, 0) is 5.41 Å². The van der Waals surface area contributed by atoms with E-state index in [1.54, 1.807) is 11.1 Å². The summed E-state index contributed by atoms with van der Waals surface area (Å²) < 4.78 is 0. The van der Waals surface area contributed by atoms with E-state index in [2.05, 4.69) is 45.0 Å². The maximum atomic E-state index is 2.38. The molecule has 1 aliphatic rings. The highest BCUT2D eigenvalue weighted by atomic mass is 14.3. The Kier molecular flexibility index (Phi) is 3.91. The van der Waals surface area contributed by atoms with Gasteiger partial charge in [-0.1, -0.05) is 64.3 Å². The quantitative estimate of drug-likeness (QED) is 0.650. The van der Waals surface area contributed by atoms with Gasteiger partial charge in [0.1, 0.15) is 0 Å². The molecule has 0 heteroatoms. The predicted molar refractivity (Wildman–Crippen MR) is 75.6 cm³/mol. The summed E-state index contributed by atoms with van der Waals surface area (Å²) in [7, 11) is 0. The normalized spacial score (nSPS) is 18.3. The largest absolute Gasteiger partial charge is 0.0646 e. The third-order valence-electron chi connectivity index (χ3n) is 4.62. The lowest BCUT2D eigenvalue weighted by Gasteiger charge is -2.31. The van der Waals surface area contributed by atoms with E-state index in [0.29, 0.717) is 5.41 Å². The second-order valence-electron chi connectivity index (χ2n) is 6.16. The van der Waals surface area contributed by atoms with Gasteiger partial charge in [0, 0.05) is 0 Å². The zero-order valence-corrected chi connectivity index (χ0v) is 11.6. The summed E-state index contributed by atoms with van der Waals surface area (Å²) >= 11 is 0. The molecule has 94 valence electrons. The van der Waals surface area contributed by atoms with E-state index in [1.165, 1.54) is 38.5 Å². The molecule has 0 heterocycles. The lowest BCUT2D eigenvalue weighted by atomic mass is 9.74. The summed E-state index contributed by atoms with van der Waals surface area (Å²) in [6.07, 6.45) is 8.30. The zero-order valence-electron chi connectivity index (χ0n) is 11.6. The molecule has 1 fully saturated rings.